The van der Waals surface area contributed by atoms with Gasteiger partial charge in [0, 0.05) is 17.4 Å². The van der Waals surface area contributed by atoms with E-state index in [9.17, 15) is 4.79 Å². The number of fused-ring (bicyclic) bond motifs is 2. The van der Waals surface area contributed by atoms with E-state index in [1.54, 1.807) is 0 Å². The van der Waals surface area contributed by atoms with Crippen LogP contribution in [-0.4, -0.2) is 17.6 Å². The quantitative estimate of drug-likeness (QED) is 0.592. The molecule has 0 saturated heterocycles. The molecule has 1 N–H and O–H groups in total. The third kappa shape index (κ3) is 4.13. The van der Waals surface area contributed by atoms with Crippen LogP contribution in [0.5, 0.6) is 11.5 Å². The molecule has 1 amide bonds. The molecule has 1 aliphatic heterocycles. The molecule has 30 heavy (non-hydrogen) atoms. The molecule has 4 heteroatoms. The highest BCUT2D eigenvalue weighted by molar-refractivity contribution is 5.89. The van der Waals surface area contributed by atoms with Gasteiger partial charge in [0.1, 0.15) is 17.1 Å². The Balaban J connectivity index is 1.56. The lowest BCUT2D eigenvalue weighted by Gasteiger charge is -2.38. The van der Waals surface area contributed by atoms with Gasteiger partial charge in [-0.2, -0.15) is 0 Å². The monoisotopic (exact) mass is 403 g/mol. The largest absolute Gasteiger partial charge is 0.487 e. The zero-order chi connectivity index (χ0) is 21.3. The first-order valence-corrected chi connectivity index (χ1v) is 10.6. The van der Waals surface area contributed by atoms with Crippen molar-refractivity contribution >= 4 is 16.7 Å². The molecular weight excluding hydrogens is 374 g/mol. The number of benzene rings is 3. The van der Waals surface area contributed by atoms with Crippen LogP contribution in [0.2, 0.25) is 0 Å². The van der Waals surface area contributed by atoms with Gasteiger partial charge in [0.15, 0.2) is 6.10 Å². The van der Waals surface area contributed by atoms with Crippen molar-refractivity contribution in [2.45, 2.75) is 58.3 Å². The molecule has 0 fully saturated rings. The smallest absolute Gasteiger partial charge is 0.261 e. The third-order valence-electron chi connectivity index (χ3n) is 5.63. The summed E-state index contributed by atoms with van der Waals surface area (Å²) in [4.78, 5) is 13.2. The van der Waals surface area contributed by atoms with E-state index in [2.05, 4.69) is 31.3 Å². The fourth-order valence-corrected chi connectivity index (χ4v) is 4.13. The van der Waals surface area contributed by atoms with E-state index in [1.807, 2.05) is 62.4 Å². The van der Waals surface area contributed by atoms with Crippen LogP contribution in [0.15, 0.2) is 60.7 Å². The van der Waals surface area contributed by atoms with E-state index < -0.39 is 6.10 Å². The lowest BCUT2D eigenvalue weighted by molar-refractivity contribution is -0.129. The summed E-state index contributed by atoms with van der Waals surface area (Å²) in [7, 11) is 0. The summed E-state index contributed by atoms with van der Waals surface area (Å²) in [5, 5.41) is 5.34. The summed E-state index contributed by atoms with van der Waals surface area (Å²) < 4.78 is 12.4. The van der Waals surface area contributed by atoms with Crippen molar-refractivity contribution in [1.82, 2.24) is 5.32 Å². The number of ether oxygens (including phenoxy) is 2. The number of rotatable bonds is 5. The molecule has 0 spiro atoms. The zero-order valence-corrected chi connectivity index (χ0v) is 18.1. The summed E-state index contributed by atoms with van der Waals surface area (Å²) in [5.74, 6) is 1.48. The molecule has 156 valence electrons. The van der Waals surface area contributed by atoms with Crippen molar-refractivity contribution < 1.29 is 14.3 Å². The molecule has 2 atom stereocenters. The second-order valence-electron chi connectivity index (χ2n) is 8.66. The molecule has 4 rings (SSSR count). The van der Waals surface area contributed by atoms with Crippen molar-refractivity contribution in [1.29, 1.82) is 0 Å². The van der Waals surface area contributed by atoms with Crippen molar-refractivity contribution in [2.24, 2.45) is 0 Å². The van der Waals surface area contributed by atoms with Gasteiger partial charge >= 0.3 is 0 Å². The van der Waals surface area contributed by atoms with Crippen molar-refractivity contribution in [2.75, 3.05) is 0 Å². The molecule has 0 bridgehead atoms. The minimum Gasteiger partial charge on any atom is -0.487 e. The molecule has 0 aliphatic carbocycles. The van der Waals surface area contributed by atoms with Crippen LogP contribution in [-0.2, 0) is 4.79 Å². The number of aryl methyl sites for hydroxylation is 1. The Bertz CT molecular complexity index is 1070. The van der Waals surface area contributed by atoms with Gasteiger partial charge in [-0.1, -0.05) is 55.5 Å². The van der Waals surface area contributed by atoms with E-state index in [1.165, 1.54) is 0 Å². The van der Waals surface area contributed by atoms with Gasteiger partial charge in [-0.05, 0) is 50.3 Å². The topological polar surface area (TPSA) is 47.6 Å². The summed E-state index contributed by atoms with van der Waals surface area (Å²) in [6, 6.07) is 20.0. The average molecular weight is 404 g/mol. The fraction of sp³-hybridized carbons (Fsp3) is 0.346. The van der Waals surface area contributed by atoms with Gasteiger partial charge in [-0.3, -0.25) is 4.79 Å². The predicted molar refractivity (Wildman–Crippen MR) is 120 cm³/mol. The van der Waals surface area contributed by atoms with Gasteiger partial charge in [-0.15, -0.1) is 0 Å². The Labute approximate surface area is 178 Å². The molecule has 3 aromatic rings. The van der Waals surface area contributed by atoms with Gasteiger partial charge < -0.3 is 14.8 Å². The SMILES string of the molecule is CC[C@H](Oc1cccc2ccccc12)C(=O)N[C@H]1CC(C)(C)Oc2cc(C)ccc21. The minimum atomic E-state index is -0.560. The molecule has 0 saturated carbocycles. The normalized spacial score (nSPS) is 18.2. The molecule has 0 radical (unpaired) electrons. The second kappa shape index (κ2) is 8.02. The maximum Gasteiger partial charge on any atom is 0.261 e. The van der Waals surface area contributed by atoms with Crippen LogP contribution in [0.4, 0.5) is 0 Å². The van der Waals surface area contributed by atoms with Crippen molar-refractivity contribution in [3.8, 4) is 11.5 Å². The number of amides is 1. The van der Waals surface area contributed by atoms with Crippen molar-refractivity contribution in [3.05, 3.63) is 71.8 Å². The van der Waals surface area contributed by atoms with E-state index in [0.717, 1.165) is 33.4 Å². The van der Waals surface area contributed by atoms with Crippen molar-refractivity contribution in [3.63, 3.8) is 0 Å². The fourth-order valence-electron chi connectivity index (χ4n) is 4.13. The van der Waals surface area contributed by atoms with Crippen LogP contribution in [0.3, 0.4) is 0 Å². The molecule has 1 heterocycles. The highest BCUT2D eigenvalue weighted by atomic mass is 16.5. The molecule has 1 aliphatic rings. The highest BCUT2D eigenvalue weighted by Crippen LogP contribution is 2.40. The first-order chi connectivity index (χ1) is 14.4. The maximum absolute atomic E-state index is 13.2. The molecular formula is C26H29NO3. The third-order valence-corrected chi connectivity index (χ3v) is 5.63. The van der Waals surface area contributed by atoms with E-state index in [-0.39, 0.29) is 17.6 Å². The van der Waals surface area contributed by atoms with Gasteiger partial charge in [0.2, 0.25) is 0 Å². The Kier molecular flexibility index (Phi) is 5.42. The number of hydrogen-bond donors (Lipinski definition) is 1. The molecule has 3 aromatic carbocycles. The molecule has 4 nitrogen and oxygen atoms in total. The Hall–Kier alpha value is -3.01. The Morgan fingerprint density at radius 2 is 1.93 bits per heavy atom. The first-order valence-electron chi connectivity index (χ1n) is 10.6. The maximum atomic E-state index is 13.2. The lowest BCUT2D eigenvalue weighted by Crippen LogP contribution is -2.45. The van der Waals surface area contributed by atoms with Crippen LogP contribution in [0.25, 0.3) is 10.8 Å². The summed E-state index contributed by atoms with van der Waals surface area (Å²) in [6.07, 6.45) is 0.734. The summed E-state index contributed by atoms with van der Waals surface area (Å²) >= 11 is 0. The van der Waals surface area contributed by atoms with E-state index >= 15 is 0 Å². The Morgan fingerprint density at radius 1 is 1.17 bits per heavy atom. The van der Waals surface area contributed by atoms with Crippen LogP contribution < -0.4 is 14.8 Å². The minimum absolute atomic E-state index is 0.0975. The number of hydrogen-bond acceptors (Lipinski definition) is 3. The van der Waals surface area contributed by atoms with Gasteiger partial charge in [0.05, 0.1) is 6.04 Å². The zero-order valence-electron chi connectivity index (χ0n) is 18.1. The van der Waals surface area contributed by atoms with Gasteiger partial charge in [0.25, 0.3) is 5.91 Å². The summed E-state index contributed by atoms with van der Waals surface area (Å²) in [5.41, 5.74) is 1.81. The van der Waals surface area contributed by atoms with Gasteiger partial charge in [-0.25, -0.2) is 0 Å². The predicted octanol–water partition coefficient (Wildman–Crippen LogP) is 5.72. The number of carbonyl (C=O) groups excluding carboxylic acids is 1. The highest BCUT2D eigenvalue weighted by Gasteiger charge is 2.35. The molecule has 0 aromatic heterocycles. The summed E-state index contributed by atoms with van der Waals surface area (Å²) in [6.45, 7) is 8.13. The number of nitrogens with one attached hydrogen (secondary N) is 1. The lowest BCUT2D eigenvalue weighted by atomic mass is 9.89. The first kappa shape index (κ1) is 20.3. The van der Waals surface area contributed by atoms with Crippen LogP contribution in [0, 0.1) is 6.92 Å². The van der Waals surface area contributed by atoms with E-state index in [0.29, 0.717) is 12.8 Å². The number of carbonyl (C=O) groups is 1. The second-order valence-corrected chi connectivity index (χ2v) is 8.66. The van der Waals surface area contributed by atoms with E-state index in [4.69, 9.17) is 9.47 Å². The average Bonchev–Trinajstić information content (AvgIpc) is 2.70. The van der Waals surface area contributed by atoms with Crippen LogP contribution >= 0.6 is 0 Å². The molecule has 0 unspecified atom stereocenters. The Morgan fingerprint density at radius 3 is 2.73 bits per heavy atom. The van der Waals surface area contributed by atoms with Crippen LogP contribution in [0.1, 0.15) is 50.8 Å². The standard InChI is InChI=1S/C26H29NO3/c1-5-22(29-23-12-8-10-18-9-6-7-11-19(18)23)25(28)27-21-16-26(3,4)30-24-15-17(2)13-14-20(21)24/h6-15,21-22H,5,16H2,1-4H3,(H,27,28)/t21-,22-/m0/s1.